The maximum Gasteiger partial charge on any atom is 0.331 e. The summed E-state index contributed by atoms with van der Waals surface area (Å²) in [5, 5.41) is 0. The van der Waals surface area contributed by atoms with Gasteiger partial charge in [-0.05, 0) is 26.0 Å². The zero-order chi connectivity index (χ0) is 13.5. The van der Waals surface area contributed by atoms with Gasteiger partial charge in [0.05, 0.1) is 13.7 Å². The predicted octanol–water partition coefficient (Wildman–Crippen LogP) is 1.38. The molecule has 1 aromatic rings. The molecule has 0 spiro atoms. The molecule has 0 saturated heterocycles. The van der Waals surface area contributed by atoms with Crippen molar-refractivity contribution >= 4 is 11.9 Å². The van der Waals surface area contributed by atoms with E-state index < -0.39 is 11.9 Å². The molecule has 0 aliphatic carbocycles. The summed E-state index contributed by atoms with van der Waals surface area (Å²) in [6, 6.07) is 4.02. The standard InChI is InChI=1S/C13H17NO4/c1-10-4-5-11(2)14(10)8-9-18-13(16)7-6-12(15)17-3/h4-7H,8-9H2,1-3H3/b7-6+. The third kappa shape index (κ3) is 4.08. The number of carbonyl (C=O) groups excluding carboxylic acids is 2. The maximum atomic E-state index is 11.2. The molecule has 0 aromatic carbocycles. The highest BCUT2D eigenvalue weighted by atomic mass is 16.5. The Labute approximate surface area is 106 Å². The van der Waals surface area contributed by atoms with E-state index in [0.29, 0.717) is 6.54 Å². The van der Waals surface area contributed by atoms with Crippen LogP contribution in [0.5, 0.6) is 0 Å². The second-order valence-corrected chi connectivity index (χ2v) is 3.79. The van der Waals surface area contributed by atoms with Crippen LogP contribution in [0.25, 0.3) is 0 Å². The van der Waals surface area contributed by atoms with Crippen LogP contribution in [-0.2, 0) is 25.6 Å². The highest BCUT2D eigenvalue weighted by Crippen LogP contribution is 2.06. The van der Waals surface area contributed by atoms with Crippen molar-refractivity contribution in [3.63, 3.8) is 0 Å². The number of aromatic nitrogens is 1. The first-order chi connectivity index (χ1) is 8.54. The second kappa shape index (κ2) is 6.64. The monoisotopic (exact) mass is 251 g/mol. The molecule has 1 rings (SSSR count). The van der Waals surface area contributed by atoms with Gasteiger partial charge < -0.3 is 14.0 Å². The van der Waals surface area contributed by atoms with Crippen LogP contribution >= 0.6 is 0 Å². The minimum Gasteiger partial charge on any atom is -0.466 e. The summed E-state index contributed by atoms with van der Waals surface area (Å²) in [6.45, 7) is 4.85. The van der Waals surface area contributed by atoms with Crippen molar-refractivity contribution in [1.29, 1.82) is 0 Å². The van der Waals surface area contributed by atoms with Gasteiger partial charge in [0, 0.05) is 23.5 Å². The Morgan fingerprint density at radius 3 is 2.28 bits per heavy atom. The molecule has 0 saturated carbocycles. The quantitative estimate of drug-likeness (QED) is 0.586. The van der Waals surface area contributed by atoms with Crippen molar-refractivity contribution in [2.24, 2.45) is 0 Å². The van der Waals surface area contributed by atoms with Crippen LogP contribution in [-0.4, -0.2) is 30.2 Å². The molecule has 5 heteroatoms. The molecule has 0 bridgehead atoms. The van der Waals surface area contributed by atoms with Gasteiger partial charge in [0.15, 0.2) is 0 Å². The average Bonchev–Trinajstić information content (AvgIpc) is 2.67. The lowest BCUT2D eigenvalue weighted by atomic mass is 10.5. The lowest BCUT2D eigenvalue weighted by Gasteiger charge is -2.08. The fraction of sp³-hybridized carbons (Fsp3) is 0.385. The summed E-state index contributed by atoms with van der Waals surface area (Å²) >= 11 is 0. The first-order valence-electron chi connectivity index (χ1n) is 5.60. The normalized spacial score (nSPS) is 10.6. The summed E-state index contributed by atoms with van der Waals surface area (Å²) < 4.78 is 11.4. The van der Waals surface area contributed by atoms with E-state index in [2.05, 4.69) is 9.30 Å². The number of hydrogen-bond acceptors (Lipinski definition) is 4. The van der Waals surface area contributed by atoms with E-state index in [4.69, 9.17) is 4.74 Å². The summed E-state index contributed by atoms with van der Waals surface area (Å²) in [4.78, 5) is 22.0. The topological polar surface area (TPSA) is 57.5 Å². The summed E-state index contributed by atoms with van der Waals surface area (Å²) in [6.07, 6.45) is 2.09. The van der Waals surface area contributed by atoms with Gasteiger partial charge in [0.1, 0.15) is 6.61 Å². The first kappa shape index (κ1) is 14.0. The molecule has 0 unspecified atom stereocenters. The number of hydrogen-bond donors (Lipinski definition) is 0. The van der Waals surface area contributed by atoms with Crippen molar-refractivity contribution in [3.05, 3.63) is 35.7 Å². The first-order valence-corrected chi connectivity index (χ1v) is 5.60. The van der Waals surface area contributed by atoms with Crippen LogP contribution in [0.4, 0.5) is 0 Å². The Hall–Kier alpha value is -2.04. The minimum atomic E-state index is -0.580. The summed E-state index contributed by atoms with van der Waals surface area (Å²) in [5.41, 5.74) is 2.24. The van der Waals surface area contributed by atoms with Gasteiger partial charge in [0.25, 0.3) is 0 Å². The van der Waals surface area contributed by atoms with Crippen molar-refractivity contribution < 1.29 is 19.1 Å². The van der Waals surface area contributed by atoms with Gasteiger partial charge in [-0.15, -0.1) is 0 Å². The number of ether oxygens (including phenoxy) is 2. The highest BCUT2D eigenvalue weighted by molar-refractivity contribution is 5.91. The molecular weight excluding hydrogens is 234 g/mol. The predicted molar refractivity (Wildman–Crippen MR) is 66.0 cm³/mol. The zero-order valence-corrected chi connectivity index (χ0v) is 10.8. The third-order valence-electron chi connectivity index (χ3n) is 2.53. The van der Waals surface area contributed by atoms with E-state index in [9.17, 15) is 9.59 Å². The second-order valence-electron chi connectivity index (χ2n) is 3.79. The third-order valence-corrected chi connectivity index (χ3v) is 2.53. The van der Waals surface area contributed by atoms with Crippen molar-refractivity contribution in [3.8, 4) is 0 Å². The van der Waals surface area contributed by atoms with Crippen molar-refractivity contribution in [2.45, 2.75) is 20.4 Å². The average molecular weight is 251 g/mol. The van der Waals surface area contributed by atoms with Gasteiger partial charge >= 0.3 is 11.9 Å². The number of carbonyl (C=O) groups is 2. The summed E-state index contributed by atoms with van der Waals surface area (Å²) in [5.74, 6) is -1.13. The van der Waals surface area contributed by atoms with Crippen LogP contribution in [0.2, 0.25) is 0 Å². The van der Waals surface area contributed by atoms with E-state index in [1.54, 1.807) is 0 Å². The number of methoxy groups -OCH3 is 1. The molecular formula is C13H17NO4. The lowest BCUT2D eigenvalue weighted by Crippen LogP contribution is -2.11. The zero-order valence-electron chi connectivity index (χ0n) is 10.8. The van der Waals surface area contributed by atoms with E-state index in [1.807, 2.05) is 26.0 Å². The molecule has 1 heterocycles. The van der Waals surface area contributed by atoms with Gasteiger partial charge in [-0.25, -0.2) is 9.59 Å². The van der Waals surface area contributed by atoms with Crippen LogP contribution in [0.3, 0.4) is 0 Å². The van der Waals surface area contributed by atoms with E-state index in [-0.39, 0.29) is 6.61 Å². The Balaban J connectivity index is 2.36. The van der Waals surface area contributed by atoms with Crippen LogP contribution in [0.1, 0.15) is 11.4 Å². The molecule has 18 heavy (non-hydrogen) atoms. The molecule has 98 valence electrons. The number of aryl methyl sites for hydroxylation is 2. The fourth-order valence-corrected chi connectivity index (χ4v) is 1.54. The molecule has 0 radical (unpaired) electrons. The van der Waals surface area contributed by atoms with E-state index in [0.717, 1.165) is 23.5 Å². The van der Waals surface area contributed by atoms with E-state index >= 15 is 0 Å². The number of nitrogens with zero attached hydrogens (tertiary/aromatic N) is 1. The van der Waals surface area contributed by atoms with Crippen LogP contribution in [0.15, 0.2) is 24.3 Å². The molecule has 0 aliphatic heterocycles. The maximum absolute atomic E-state index is 11.2. The molecule has 1 aromatic heterocycles. The van der Waals surface area contributed by atoms with Gasteiger partial charge in [0.2, 0.25) is 0 Å². The van der Waals surface area contributed by atoms with Crippen molar-refractivity contribution in [2.75, 3.05) is 13.7 Å². The highest BCUT2D eigenvalue weighted by Gasteiger charge is 2.03. The SMILES string of the molecule is COC(=O)/C=C/C(=O)OCCn1c(C)ccc1C. The van der Waals surface area contributed by atoms with Crippen molar-refractivity contribution in [1.82, 2.24) is 4.57 Å². The lowest BCUT2D eigenvalue weighted by molar-refractivity contribution is -0.139. The van der Waals surface area contributed by atoms with Gasteiger partial charge in [-0.1, -0.05) is 0 Å². The molecule has 0 atom stereocenters. The fourth-order valence-electron chi connectivity index (χ4n) is 1.54. The molecule has 0 N–H and O–H groups in total. The molecule has 0 fully saturated rings. The Morgan fingerprint density at radius 2 is 1.72 bits per heavy atom. The van der Waals surface area contributed by atoms with E-state index in [1.165, 1.54) is 7.11 Å². The summed E-state index contributed by atoms with van der Waals surface area (Å²) in [7, 11) is 1.25. The minimum absolute atomic E-state index is 0.265. The molecule has 0 amide bonds. The largest absolute Gasteiger partial charge is 0.466 e. The number of rotatable bonds is 5. The Morgan fingerprint density at radius 1 is 1.17 bits per heavy atom. The Bertz CT molecular complexity index is 440. The number of esters is 2. The van der Waals surface area contributed by atoms with Gasteiger partial charge in [-0.3, -0.25) is 0 Å². The smallest absolute Gasteiger partial charge is 0.331 e. The Kier molecular flexibility index (Phi) is 5.17. The van der Waals surface area contributed by atoms with Gasteiger partial charge in [-0.2, -0.15) is 0 Å². The van der Waals surface area contributed by atoms with Crippen LogP contribution < -0.4 is 0 Å². The van der Waals surface area contributed by atoms with Crippen LogP contribution in [0, 0.1) is 13.8 Å². The molecule has 0 aliphatic rings. The molecule has 5 nitrogen and oxygen atoms in total.